The van der Waals surface area contributed by atoms with Crippen LogP contribution in [0.4, 0.5) is 0 Å². The van der Waals surface area contributed by atoms with Crippen LogP contribution in [0.15, 0.2) is 0 Å². The normalized spacial score (nSPS) is 10.1. The molecule has 0 heterocycles. The summed E-state index contributed by atoms with van der Waals surface area (Å²) in [6.07, 6.45) is -3.10. The molecule has 20 N–H and O–H groups in total. The van der Waals surface area contributed by atoms with E-state index >= 15 is 0 Å². The summed E-state index contributed by atoms with van der Waals surface area (Å²) in [5.41, 5.74) is 8.23. The third-order valence-corrected chi connectivity index (χ3v) is 3.13. The van der Waals surface area contributed by atoms with Crippen molar-refractivity contribution in [1.29, 1.82) is 0 Å². The van der Waals surface area contributed by atoms with Gasteiger partial charge in [0.05, 0.1) is 25.7 Å². The lowest BCUT2D eigenvalue weighted by atomic mass is 9.79. The number of carbonyl (C=O) groups is 4. The fourth-order valence-corrected chi connectivity index (χ4v) is 2.18. The summed E-state index contributed by atoms with van der Waals surface area (Å²) >= 11 is 0. The highest BCUT2D eigenvalue weighted by Crippen LogP contribution is 2.27. The number of carboxylic acid groups (broad SMARTS) is 4. The van der Waals surface area contributed by atoms with Crippen LogP contribution in [0.2, 0.25) is 0 Å². The van der Waals surface area contributed by atoms with Crippen molar-refractivity contribution in [1.82, 2.24) is 24.6 Å². The predicted molar refractivity (Wildman–Crippen MR) is 92.2 cm³/mol. The van der Waals surface area contributed by atoms with Crippen molar-refractivity contribution in [3.8, 4) is 0 Å². The molecule has 0 aromatic heterocycles. The molecule has 0 saturated carbocycles. The maximum Gasteiger partial charge on any atom is 0.305 e. The minimum absolute atomic E-state index is 0. The third-order valence-electron chi connectivity index (χ3n) is 3.13. The molecule has 14 heteroatoms. The molecule has 0 amide bonds. The number of hydrogen-bond donors (Lipinski definition) is 10. The van der Waals surface area contributed by atoms with Gasteiger partial charge in [0.25, 0.3) is 0 Å². The van der Waals surface area contributed by atoms with Gasteiger partial charge < -0.3 is 56.5 Å². The summed E-state index contributed by atoms with van der Waals surface area (Å²) in [6, 6.07) is 0. The summed E-state index contributed by atoms with van der Waals surface area (Å²) in [7, 11) is 0. The summed E-state index contributed by atoms with van der Waals surface area (Å²) in [5, 5.41) is 35.2. The number of aliphatic carboxylic acids is 4. The van der Waals surface area contributed by atoms with Crippen molar-refractivity contribution >= 4 is 23.9 Å². The molecule has 0 unspecified atom stereocenters. The fourth-order valence-electron chi connectivity index (χ4n) is 2.18. The molecule has 0 aromatic carbocycles. The summed E-state index contributed by atoms with van der Waals surface area (Å²) in [4.78, 5) is 43.1. The quantitative estimate of drug-likeness (QED) is 0.217. The summed E-state index contributed by atoms with van der Waals surface area (Å²) in [6.45, 7) is 0. The van der Waals surface area contributed by atoms with E-state index in [4.69, 9.17) is 31.9 Å². The molecule has 14 nitrogen and oxygen atoms in total. The Balaban J connectivity index is -0.000000367. The predicted octanol–water partition coefficient (Wildman–Crippen LogP) is -0.292. The van der Waals surface area contributed by atoms with Crippen LogP contribution in [0.1, 0.15) is 38.5 Å². The maximum atomic E-state index is 10.8. The minimum Gasteiger partial charge on any atom is -0.481 e. The van der Waals surface area contributed by atoms with Crippen molar-refractivity contribution in [2.75, 3.05) is 0 Å². The first-order valence-electron chi connectivity index (χ1n) is 6.32. The second-order valence-electron chi connectivity index (χ2n) is 5.51. The molecular weight excluding hydrogens is 356 g/mol. The molecule has 0 fully saturated rings. The first-order valence-corrected chi connectivity index (χ1v) is 6.32. The van der Waals surface area contributed by atoms with Gasteiger partial charge in [0.15, 0.2) is 0 Å². The Kier molecular flexibility index (Phi) is 18.6. The molecule has 0 spiro atoms. The Hall–Kier alpha value is -2.36. The molecule has 0 atom stereocenters. The zero-order valence-corrected chi connectivity index (χ0v) is 14.6. The van der Waals surface area contributed by atoms with Crippen LogP contribution in [0.25, 0.3) is 0 Å². The lowest BCUT2D eigenvalue weighted by Gasteiger charge is -2.32. The van der Waals surface area contributed by atoms with E-state index in [9.17, 15) is 19.2 Å². The van der Waals surface area contributed by atoms with Gasteiger partial charge in [-0.3, -0.25) is 19.2 Å². The summed E-state index contributed by atoms with van der Waals surface area (Å²) < 4.78 is 0. The average Bonchev–Trinajstić information content (AvgIpc) is 2.21. The van der Waals surface area contributed by atoms with E-state index in [0.29, 0.717) is 0 Å². The van der Waals surface area contributed by atoms with Crippen LogP contribution >= 0.6 is 0 Å². The molecule has 26 heavy (non-hydrogen) atoms. The average molecular weight is 388 g/mol. The van der Waals surface area contributed by atoms with Crippen molar-refractivity contribution in [2.45, 2.75) is 49.6 Å². The van der Waals surface area contributed by atoms with Crippen LogP contribution < -0.4 is 36.1 Å². The monoisotopic (exact) mass is 388 g/mol. The smallest absolute Gasteiger partial charge is 0.305 e. The maximum absolute atomic E-state index is 10.8. The SMILES string of the molecule is N.N.N.N.NC(CCC(N)(CC(=O)O)CC(=O)O)(CC(=O)O)CC(=O)O. The zero-order chi connectivity index (χ0) is 17.6. The fraction of sp³-hybridized carbons (Fsp3) is 0.667. The molecule has 0 rings (SSSR count). The van der Waals surface area contributed by atoms with Crippen molar-refractivity contribution in [3.05, 3.63) is 0 Å². The molecule has 0 saturated heterocycles. The van der Waals surface area contributed by atoms with Gasteiger partial charge in [-0.1, -0.05) is 0 Å². The highest BCUT2D eigenvalue weighted by atomic mass is 16.4. The molecule has 0 aliphatic rings. The van der Waals surface area contributed by atoms with Gasteiger partial charge in [-0.25, -0.2) is 0 Å². The molecule has 0 aromatic rings. The van der Waals surface area contributed by atoms with Gasteiger partial charge in [0.2, 0.25) is 0 Å². The second kappa shape index (κ2) is 13.9. The molecule has 0 radical (unpaired) electrons. The van der Waals surface area contributed by atoms with Crippen molar-refractivity contribution in [2.24, 2.45) is 11.5 Å². The van der Waals surface area contributed by atoms with E-state index in [-0.39, 0.29) is 37.4 Å². The lowest BCUT2D eigenvalue weighted by molar-refractivity contribution is -0.144. The molecule has 158 valence electrons. The van der Waals surface area contributed by atoms with Gasteiger partial charge in [0, 0.05) is 11.1 Å². The van der Waals surface area contributed by atoms with Crippen LogP contribution in [-0.4, -0.2) is 55.4 Å². The van der Waals surface area contributed by atoms with E-state index in [1.807, 2.05) is 0 Å². The first kappa shape index (κ1) is 34.9. The van der Waals surface area contributed by atoms with Crippen LogP contribution in [0, 0.1) is 0 Å². The van der Waals surface area contributed by atoms with E-state index < -0.39 is 60.6 Å². The van der Waals surface area contributed by atoms with E-state index in [1.54, 1.807) is 0 Å². The Morgan fingerprint density at radius 2 is 0.692 bits per heavy atom. The van der Waals surface area contributed by atoms with E-state index in [0.717, 1.165) is 0 Å². The number of carboxylic acids is 4. The number of nitrogens with two attached hydrogens (primary N) is 2. The molecular formula is C12H32N6O8. The molecule has 0 aliphatic carbocycles. The van der Waals surface area contributed by atoms with Crippen molar-refractivity contribution < 1.29 is 39.6 Å². The summed E-state index contributed by atoms with van der Waals surface area (Å²) in [5.74, 6) is -5.27. The van der Waals surface area contributed by atoms with Gasteiger partial charge in [-0.2, -0.15) is 0 Å². The van der Waals surface area contributed by atoms with Gasteiger partial charge >= 0.3 is 23.9 Å². The molecule has 0 bridgehead atoms. The van der Waals surface area contributed by atoms with Gasteiger partial charge in [0.1, 0.15) is 0 Å². The minimum atomic E-state index is -1.64. The number of hydrogen-bond acceptors (Lipinski definition) is 10. The first-order chi connectivity index (χ1) is 9.87. The van der Waals surface area contributed by atoms with Gasteiger partial charge in [-0.05, 0) is 12.8 Å². The second-order valence-corrected chi connectivity index (χ2v) is 5.51. The highest BCUT2D eigenvalue weighted by molar-refractivity contribution is 5.74. The van der Waals surface area contributed by atoms with E-state index in [1.165, 1.54) is 0 Å². The number of rotatable bonds is 11. The van der Waals surface area contributed by atoms with E-state index in [2.05, 4.69) is 0 Å². The van der Waals surface area contributed by atoms with Gasteiger partial charge in [-0.15, -0.1) is 0 Å². The van der Waals surface area contributed by atoms with Crippen LogP contribution in [-0.2, 0) is 19.2 Å². The Bertz CT molecular complexity index is 399. The Morgan fingerprint density at radius 3 is 0.808 bits per heavy atom. The largest absolute Gasteiger partial charge is 0.481 e. The van der Waals surface area contributed by atoms with Crippen LogP contribution in [0.5, 0.6) is 0 Å². The lowest BCUT2D eigenvalue weighted by Crippen LogP contribution is -2.49. The third kappa shape index (κ3) is 15.2. The molecule has 0 aliphatic heterocycles. The Morgan fingerprint density at radius 1 is 0.538 bits per heavy atom. The van der Waals surface area contributed by atoms with Crippen molar-refractivity contribution in [3.63, 3.8) is 0 Å². The van der Waals surface area contributed by atoms with Crippen LogP contribution in [0.3, 0.4) is 0 Å². The Labute approximate surface area is 150 Å². The highest BCUT2D eigenvalue weighted by Gasteiger charge is 2.37. The standard InChI is InChI=1S/C12H20N2O8.4H3N/c13-11(3-7(15)16,4-8(17)18)1-2-12(14,5-9(19)20)6-10(21)22;;;;/h1-6,13-14H2,(H,15,16)(H,17,18)(H,19,20)(H,21,22);4*1H3. The topological polar surface area (TPSA) is 341 Å². The zero-order valence-electron chi connectivity index (χ0n) is 14.6.